The largest absolute Gasteiger partial charge is 0.444 e. The van der Waals surface area contributed by atoms with Gasteiger partial charge in [0.2, 0.25) is 0 Å². The van der Waals surface area contributed by atoms with Gasteiger partial charge in [0.15, 0.2) is 0 Å². The Labute approximate surface area is 103 Å². The molecule has 0 aliphatic carbocycles. The Morgan fingerprint density at radius 1 is 1.47 bits per heavy atom. The molecule has 0 bridgehead atoms. The van der Waals surface area contributed by atoms with Crippen LogP contribution in [0.15, 0.2) is 0 Å². The van der Waals surface area contributed by atoms with Crippen LogP contribution >= 0.6 is 0 Å². The maximum absolute atomic E-state index is 12.0. The van der Waals surface area contributed by atoms with E-state index in [0.29, 0.717) is 13.2 Å². The summed E-state index contributed by atoms with van der Waals surface area (Å²) < 4.78 is 10.5. The number of ether oxygens (including phenoxy) is 2. The predicted molar refractivity (Wildman–Crippen MR) is 66.1 cm³/mol. The van der Waals surface area contributed by atoms with Gasteiger partial charge in [-0.1, -0.05) is 0 Å². The van der Waals surface area contributed by atoms with Crippen LogP contribution in [-0.2, 0) is 9.47 Å². The molecule has 0 unspecified atom stereocenters. The summed E-state index contributed by atoms with van der Waals surface area (Å²) in [5, 5.41) is 3.29. The lowest BCUT2D eigenvalue weighted by molar-refractivity contribution is 0.00846. The number of nitrogens with one attached hydrogen (secondary N) is 1. The molecule has 0 spiro atoms. The van der Waals surface area contributed by atoms with E-state index in [9.17, 15) is 4.79 Å². The van der Waals surface area contributed by atoms with E-state index in [0.717, 1.165) is 19.5 Å². The molecule has 0 aromatic heterocycles. The third kappa shape index (κ3) is 4.91. The molecule has 1 amide bonds. The van der Waals surface area contributed by atoms with Gasteiger partial charge in [0.1, 0.15) is 5.60 Å². The monoisotopic (exact) mass is 244 g/mol. The van der Waals surface area contributed by atoms with E-state index < -0.39 is 5.60 Å². The topological polar surface area (TPSA) is 50.8 Å². The minimum Gasteiger partial charge on any atom is -0.444 e. The predicted octanol–water partition coefficient (Wildman–Crippen LogP) is 1.23. The molecule has 0 aromatic rings. The summed E-state index contributed by atoms with van der Waals surface area (Å²) in [5.74, 6) is 0. The van der Waals surface area contributed by atoms with E-state index in [2.05, 4.69) is 5.32 Å². The third-order valence-corrected chi connectivity index (χ3v) is 2.63. The van der Waals surface area contributed by atoms with Gasteiger partial charge in [-0.25, -0.2) is 4.79 Å². The van der Waals surface area contributed by atoms with Crippen LogP contribution in [0.4, 0.5) is 4.79 Å². The normalized spacial score (nSPS) is 21.4. The summed E-state index contributed by atoms with van der Waals surface area (Å²) in [7, 11) is 1.67. The lowest BCUT2D eigenvalue weighted by Crippen LogP contribution is -2.55. The van der Waals surface area contributed by atoms with Crippen LogP contribution < -0.4 is 5.32 Å². The molecule has 1 fully saturated rings. The first-order chi connectivity index (χ1) is 7.94. The first-order valence-corrected chi connectivity index (χ1v) is 6.13. The Morgan fingerprint density at radius 2 is 2.18 bits per heavy atom. The van der Waals surface area contributed by atoms with Crippen molar-refractivity contribution in [3.8, 4) is 0 Å². The number of hydrogen-bond acceptors (Lipinski definition) is 4. The van der Waals surface area contributed by atoms with Gasteiger partial charge in [-0.15, -0.1) is 0 Å². The highest BCUT2D eigenvalue weighted by molar-refractivity contribution is 5.68. The van der Waals surface area contributed by atoms with E-state index in [-0.39, 0.29) is 12.1 Å². The van der Waals surface area contributed by atoms with Crippen LogP contribution in [0.3, 0.4) is 0 Å². The molecule has 0 aromatic carbocycles. The second-order valence-corrected chi connectivity index (χ2v) is 5.31. The molecule has 5 nitrogen and oxygen atoms in total. The Balaban J connectivity index is 2.54. The zero-order valence-electron chi connectivity index (χ0n) is 11.3. The summed E-state index contributed by atoms with van der Waals surface area (Å²) in [4.78, 5) is 13.8. The summed E-state index contributed by atoms with van der Waals surface area (Å²) in [6, 6.07) is 0.165. The average molecular weight is 244 g/mol. The highest BCUT2D eigenvalue weighted by atomic mass is 16.6. The molecule has 1 rings (SSSR count). The Morgan fingerprint density at radius 3 is 2.76 bits per heavy atom. The van der Waals surface area contributed by atoms with Crippen molar-refractivity contribution in [3.63, 3.8) is 0 Å². The second kappa shape index (κ2) is 6.21. The lowest BCUT2D eigenvalue weighted by Gasteiger charge is -2.37. The van der Waals surface area contributed by atoms with E-state index in [1.165, 1.54) is 0 Å². The molecule has 5 heteroatoms. The number of methoxy groups -OCH3 is 1. The Hall–Kier alpha value is -0.810. The molecule has 1 aliphatic rings. The zero-order chi connectivity index (χ0) is 12.9. The van der Waals surface area contributed by atoms with Crippen molar-refractivity contribution in [1.82, 2.24) is 10.2 Å². The van der Waals surface area contributed by atoms with Gasteiger partial charge in [0.25, 0.3) is 0 Å². The smallest absolute Gasteiger partial charge is 0.410 e. The standard InChI is InChI=1S/C12H24N2O3/c1-12(2,3)17-11(15)14-7-6-13-9-10(14)5-8-16-4/h10,13H,5-9H2,1-4H3/t10-/m0/s1. The van der Waals surface area contributed by atoms with Crippen LogP contribution in [0.25, 0.3) is 0 Å². The molecule has 1 heterocycles. The second-order valence-electron chi connectivity index (χ2n) is 5.31. The first kappa shape index (κ1) is 14.3. The van der Waals surface area contributed by atoms with Gasteiger partial charge in [-0.3, -0.25) is 0 Å². The minimum atomic E-state index is -0.437. The fourth-order valence-corrected chi connectivity index (χ4v) is 1.83. The van der Waals surface area contributed by atoms with E-state index in [1.807, 2.05) is 20.8 Å². The molecule has 0 radical (unpaired) electrons. The fraction of sp³-hybridized carbons (Fsp3) is 0.917. The number of nitrogens with zero attached hydrogens (tertiary/aromatic N) is 1. The maximum Gasteiger partial charge on any atom is 0.410 e. The van der Waals surface area contributed by atoms with Crippen LogP contribution in [0, 0.1) is 0 Å². The summed E-state index contributed by atoms with van der Waals surface area (Å²) in [6.07, 6.45) is 0.614. The van der Waals surface area contributed by atoms with Crippen LogP contribution in [0.5, 0.6) is 0 Å². The number of piperazine rings is 1. The van der Waals surface area contributed by atoms with Crippen LogP contribution in [0.2, 0.25) is 0 Å². The van der Waals surface area contributed by atoms with Gasteiger partial charge in [0.05, 0.1) is 0 Å². The Kier molecular flexibility index (Phi) is 5.21. The number of hydrogen-bond donors (Lipinski definition) is 1. The van der Waals surface area contributed by atoms with Gasteiger partial charge in [0, 0.05) is 39.4 Å². The quantitative estimate of drug-likeness (QED) is 0.811. The summed E-state index contributed by atoms with van der Waals surface area (Å²) >= 11 is 0. The van der Waals surface area contributed by atoms with Crippen LogP contribution in [0.1, 0.15) is 27.2 Å². The molecule has 1 saturated heterocycles. The van der Waals surface area contributed by atoms with Crippen molar-refractivity contribution in [1.29, 1.82) is 0 Å². The molecule has 0 saturated carbocycles. The van der Waals surface area contributed by atoms with Crippen molar-refractivity contribution in [2.24, 2.45) is 0 Å². The first-order valence-electron chi connectivity index (χ1n) is 6.13. The van der Waals surface area contributed by atoms with Crippen molar-refractivity contribution in [2.45, 2.75) is 38.8 Å². The van der Waals surface area contributed by atoms with Gasteiger partial charge in [-0.2, -0.15) is 0 Å². The van der Waals surface area contributed by atoms with Gasteiger partial charge >= 0.3 is 6.09 Å². The SMILES string of the molecule is COCC[C@H]1CNCCN1C(=O)OC(C)(C)C. The van der Waals surface area contributed by atoms with E-state index in [4.69, 9.17) is 9.47 Å². The zero-order valence-corrected chi connectivity index (χ0v) is 11.3. The van der Waals surface area contributed by atoms with Crippen molar-refractivity contribution in [3.05, 3.63) is 0 Å². The number of carbonyl (C=O) groups is 1. The molecular weight excluding hydrogens is 220 g/mol. The van der Waals surface area contributed by atoms with Gasteiger partial charge < -0.3 is 19.7 Å². The summed E-state index contributed by atoms with van der Waals surface area (Å²) in [6.45, 7) is 8.64. The minimum absolute atomic E-state index is 0.165. The van der Waals surface area contributed by atoms with Crippen molar-refractivity contribution >= 4 is 6.09 Å². The van der Waals surface area contributed by atoms with Crippen LogP contribution in [-0.4, -0.2) is 56.0 Å². The molecule has 1 N–H and O–H groups in total. The molecule has 17 heavy (non-hydrogen) atoms. The third-order valence-electron chi connectivity index (χ3n) is 2.63. The number of amides is 1. The molecule has 100 valence electrons. The van der Waals surface area contributed by atoms with Crippen molar-refractivity contribution in [2.75, 3.05) is 33.4 Å². The highest BCUT2D eigenvalue weighted by Gasteiger charge is 2.29. The molecule has 1 atom stereocenters. The van der Waals surface area contributed by atoms with E-state index >= 15 is 0 Å². The summed E-state index contributed by atoms with van der Waals surface area (Å²) in [5.41, 5.74) is -0.437. The highest BCUT2D eigenvalue weighted by Crippen LogP contribution is 2.14. The number of rotatable bonds is 3. The molecule has 1 aliphatic heterocycles. The average Bonchev–Trinajstić information content (AvgIpc) is 2.24. The van der Waals surface area contributed by atoms with E-state index in [1.54, 1.807) is 12.0 Å². The Bertz CT molecular complexity index is 251. The molecular formula is C12H24N2O3. The fourth-order valence-electron chi connectivity index (χ4n) is 1.83. The maximum atomic E-state index is 12.0. The lowest BCUT2D eigenvalue weighted by atomic mass is 10.1. The van der Waals surface area contributed by atoms with Gasteiger partial charge in [-0.05, 0) is 27.2 Å². The number of carbonyl (C=O) groups excluding carboxylic acids is 1. The van der Waals surface area contributed by atoms with Crippen molar-refractivity contribution < 1.29 is 14.3 Å².